The predicted octanol–water partition coefficient (Wildman–Crippen LogP) is 4.98. The van der Waals surface area contributed by atoms with Crippen molar-refractivity contribution in [3.8, 4) is 11.3 Å². The minimum absolute atomic E-state index is 0.0969. The van der Waals surface area contributed by atoms with Gasteiger partial charge in [0.1, 0.15) is 17.8 Å². The van der Waals surface area contributed by atoms with E-state index in [0.717, 1.165) is 33.7 Å². The molecule has 0 atom stereocenters. The van der Waals surface area contributed by atoms with Crippen molar-refractivity contribution in [1.29, 1.82) is 0 Å². The Hall–Kier alpha value is -3.38. The molecule has 0 aliphatic heterocycles. The molecule has 1 amide bonds. The van der Waals surface area contributed by atoms with Crippen LogP contribution < -0.4 is 10.6 Å². The molecule has 0 aliphatic rings. The average Bonchev–Trinajstić information content (AvgIpc) is 3.07. The smallest absolute Gasteiger partial charge is 0.221 e. The number of rotatable bonds is 4. The van der Waals surface area contributed by atoms with Crippen LogP contribution >= 0.6 is 11.6 Å². The number of halogens is 1. The van der Waals surface area contributed by atoms with Crippen LogP contribution in [0.15, 0.2) is 60.9 Å². The van der Waals surface area contributed by atoms with Gasteiger partial charge in [0.2, 0.25) is 5.91 Å². The Morgan fingerprint density at radius 2 is 1.85 bits per heavy atom. The van der Waals surface area contributed by atoms with E-state index in [1.807, 2.05) is 54.6 Å². The number of nitrogens with zero attached hydrogens (tertiary/aromatic N) is 2. The van der Waals surface area contributed by atoms with Gasteiger partial charge in [-0.05, 0) is 42.0 Å². The Morgan fingerprint density at radius 3 is 2.59 bits per heavy atom. The first kappa shape index (κ1) is 17.1. The monoisotopic (exact) mass is 377 g/mol. The maximum atomic E-state index is 11.1. The molecule has 2 heterocycles. The zero-order valence-corrected chi connectivity index (χ0v) is 15.2. The number of carbonyl (C=O) groups excluding carboxylic acids is 1. The molecular weight excluding hydrogens is 362 g/mol. The summed E-state index contributed by atoms with van der Waals surface area (Å²) in [6.07, 6.45) is 1.51. The van der Waals surface area contributed by atoms with Crippen LogP contribution in [0.1, 0.15) is 6.92 Å². The van der Waals surface area contributed by atoms with Crippen molar-refractivity contribution >= 4 is 45.7 Å². The van der Waals surface area contributed by atoms with Crippen LogP contribution in [0.25, 0.3) is 22.3 Å². The zero-order chi connectivity index (χ0) is 18.8. The summed E-state index contributed by atoms with van der Waals surface area (Å²) in [6, 6.07) is 17.1. The van der Waals surface area contributed by atoms with Crippen molar-refractivity contribution in [2.45, 2.75) is 6.92 Å². The largest absolute Gasteiger partial charge is 0.340 e. The van der Waals surface area contributed by atoms with E-state index in [2.05, 4.69) is 25.6 Å². The molecule has 4 rings (SSSR count). The second-order valence-corrected chi connectivity index (χ2v) is 6.50. The minimum atomic E-state index is -0.0969. The second kappa shape index (κ2) is 7.09. The van der Waals surface area contributed by atoms with E-state index in [1.165, 1.54) is 13.3 Å². The summed E-state index contributed by atoms with van der Waals surface area (Å²) < 4.78 is 0. The second-order valence-electron chi connectivity index (χ2n) is 6.06. The lowest BCUT2D eigenvalue weighted by Gasteiger charge is -2.06. The van der Waals surface area contributed by atoms with Gasteiger partial charge in [0, 0.05) is 29.0 Å². The lowest BCUT2D eigenvalue weighted by molar-refractivity contribution is -0.114. The summed E-state index contributed by atoms with van der Waals surface area (Å²) in [6.45, 7) is 1.48. The van der Waals surface area contributed by atoms with Gasteiger partial charge in [-0.3, -0.25) is 4.79 Å². The number of hydrogen-bond acceptors (Lipinski definition) is 4. The third-order valence-corrected chi connectivity index (χ3v) is 4.26. The summed E-state index contributed by atoms with van der Waals surface area (Å²) in [5, 5.41) is 7.56. The molecule has 0 bridgehead atoms. The lowest BCUT2D eigenvalue weighted by atomic mass is 10.1. The number of anilines is 3. The maximum absolute atomic E-state index is 11.1. The number of aromatic amines is 1. The highest BCUT2D eigenvalue weighted by Gasteiger charge is 2.10. The van der Waals surface area contributed by atoms with E-state index in [4.69, 9.17) is 11.6 Å². The number of carbonyl (C=O) groups is 1. The number of aromatic nitrogens is 3. The van der Waals surface area contributed by atoms with E-state index in [0.29, 0.717) is 10.8 Å². The van der Waals surface area contributed by atoms with Crippen LogP contribution in [-0.4, -0.2) is 20.9 Å². The van der Waals surface area contributed by atoms with Gasteiger partial charge in [0.25, 0.3) is 0 Å². The highest BCUT2D eigenvalue weighted by molar-refractivity contribution is 6.30. The molecule has 0 saturated carbocycles. The number of fused-ring (bicyclic) bond motifs is 1. The van der Waals surface area contributed by atoms with E-state index >= 15 is 0 Å². The Kier molecular flexibility index (Phi) is 4.48. The fourth-order valence-corrected chi connectivity index (χ4v) is 3.02. The van der Waals surface area contributed by atoms with Crippen LogP contribution in [0.5, 0.6) is 0 Å². The van der Waals surface area contributed by atoms with Crippen molar-refractivity contribution in [3.63, 3.8) is 0 Å². The van der Waals surface area contributed by atoms with Crippen LogP contribution in [-0.2, 0) is 4.79 Å². The fourth-order valence-electron chi connectivity index (χ4n) is 2.83. The Morgan fingerprint density at radius 1 is 1.04 bits per heavy atom. The van der Waals surface area contributed by atoms with Crippen LogP contribution in [0.2, 0.25) is 5.02 Å². The van der Waals surface area contributed by atoms with Crippen molar-refractivity contribution < 1.29 is 4.79 Å². The van der Waals surface area contributed by atoms with Gasteiger partial charge in [0.15, 0.2) is 0 Å². The molecule has 0 aliphatic carbocycles. The van der Waals surface area contributed by atoms with Gasteiger partial charge in [-0.25, -0.2) is 9.97 Å². The molecule has 2 aromatic heterocycles. The molecule has 6 nitrogen and oxygen atoms in total. The quantitative estimate of drug-likeness (QED) is 0.468. The number of amides is 1. The van der Waals surface area contributed by atoms with Crippen LogP contribution in [0.3, 0.4) is 0 Å². The van der Waals surface area contributed by atoms with E-state index in [-0.39, 0.29) is 5.91 Å². The van der Waals surface area contributed by atoms with Gasteiger partial charge >= 0.3 is 0 Å². The number of hydrogen-bond donors (Lipinski definition) is 3. The highest BCUT2D eigenvalue weighted by Crippen LogP contribution is 2.29. The van der Waals surface area contributed by atoms with E-state index < -0.39 is 0 Å². The first-order valence-electron chi connectivity index (χ1n) is 8.33. The van der Waals surface area contributed by atoms with Gasteiger partial charge in [0.05, 0.1) is 5.39 Å². The van der Waals surface area contributed by atoms with Crippen molar-refractivity contribution in [1.82, 2.24) is 15.0 Å². The third-order valence-electron chi connectivity index (χ3n) is 4.03. The molecular formula is C20H16ClN5O. The molecule has 134 valence electrons. The summed E-state index contributed by atoms with van der Waals surface area (Å²) in [5.41, 5.74) is 4.23. The molecule has 0 fully saturated rings. The van der Waals surface area contributed by atoms with Gasteiger partial charge in [-0.15, -0.1) is 0 Å². The average molecular weight is 378 g/mol. The Balaban J connectivity index is 1.67. The highest BCUT2D eigenvalue weighted by atomic mass is 35.5. The molecule has 27 heavy (non-hydrogen) atoms. The molecule has 0 radical (unpaired) electrons. The van der Waals surface area contributed by atoms with Crippen LogP contribution in [0.4, 0.5) is 17.2 Å². The van der Waals surface area contributed by atoms with E-state index in [1.54, 1.807) is 0 Å². The summed E-state index contributed by atoms with van der Waals surface area (Å²) >= 11 is 6.05. The van der Waals surface area contributed by atoms with Gasteiger partial charge in [-0.1, -0.05) is 29.8 Å². The molecule has 3 N–H and O–H groups in total. The number of H-pyrrole nitrogens is 1. The predicted molar refractivity (Wildman–Crippen MR) is 108 cm³/mol. The number of benzene rings is 2. The molecule has 4 aromatic rings. The number of nitrogens with one attached hydrogen (secondary N) is 3. The van der Waals surface area contributed by atoms with Crippen molar-refractivity contribution in [3.05, 3.63) is 65.9 Å². The maximum Gasteiger partial charge on any atom is 0.221 e. The van der Waals surface area contributed by atoms with Gasteiger partial charge in [-0.2, -0.15) is 0 Å². The first-order chi connectivity index (χ1) is 13.1. The van der Waals surface area contributed by atoms with Crippen LogP contribution in [0, 0.1) is 0 Å². The topological polar surface area (TPSA) is 82.7 Å². The first-order valence-corrected chi connectivity index (χ1v) is 8.70. The van der Waals surface area contributed by atoms with Crippen molar-refractivity contribution in [2.24, 2.45) is 0 Å². The standard InChI is InChI=1S/C20H16ClN5O/c1-12(27)24-15-7-5-13(6-8-15)18-10-17-19(22-11-23-20(17)26-18)25-16-4-2-3-14(21)9-16/h2-11H,1H3,(H,24,27)(H2,22,23,25,26). The minimum Gasteiger partial charge on any atom is -0.340 e. The normalized spacial score (nSPS) is 10.7. The fraction of sp³-hybridized carbons (Fsp3) is 0.0500. The summed E-state index contributed by atoms with van der Waals surface area (Å²) in [7, 11) is 0. The zero-order valence-electron chi connectivity index (χ0n) is 14.5. The molecule has 7 heteroatoms. The molecule has 0 spiro atoms. The molecule has 0 saturated heterocycles. The Bertz CT molecular complexity index is 1120. The molecule has 0 unspecified atom stereocenters. The van der Waals surface area contributed by atoms with Gasteiger partial charge < -0.3 is 15.6 Å². The SMILES string of the molecule is CC(=O)Nc1ccc(-c2cc3c(Nc4cccc(Cl)c4)ncnc3[nH]2)cc1. The summed E-state index contributed by atoms with van der Waals surface area (Å²) in [5.74, 6) is 0.597. The molecule has 2 aromatic carbocycles. The lowest BCUT2D eigenvalue weighted by Crippen LogP contribution is -2.05. The van der Waals surface area contributed by atoms with E-state index in [9.17, 15) is 4.79 Å². The van der Waals surface area contributed by atoms with Crippen molar-refractivity contribution in [2.75, 3.05) is 10.6 Å². The third kappa shape index (κ3) is 3.75. The summed E-state index contributed by atoms with van der Waals surface area (Å²) in [4.78, 5) is 23.1. The Labute approximate surface area is 160 Å².